The minimum Gasteiger partial charge on any atom is -0.503 e. The summed E-state index contributed by atoms with van der Waals surface area (Å²) in [6.07, 6.45) is 2.87. The number of carbonyl (C=O) groups excluding carboxylic acids is 2. The number of hydrogen-bond donors (Lipinski definition) is 1. The Labute approximate surface area is 183 Å². The highest BCUT2D eigenvalue weighted by atomic mass is 16.6. The second-order valence-electron chi connectivity index (χ2n) is 7.14. The third-order valence-electron chi connectivity index (χ3n) is 5.13. The molecule has 1 heterocycles. The van der Waals surface area contributed by atoms with Gasteiger partial charge >= 0.3 is 0 Å². The molecule has 0 saturated carbocycles. The van der Waals surface area contributed by atoms with Gasteiger partial charge in [0.25, 0.3) is 11.6 Å². The highest BCUT2D eigenvalue weighted by molar-refractivity contribution is 6.19. The summed E-state index contributed by atoms with van der Waals surface area (Å²) >= 11 is 0. The van der Waals surface area contributed by atoms with Crippen LogP contribution in [0.1, 0.15) is 17.2 Å². The van der Waals surface area contributed by atoms with Gasteiger partial charge in [-0.25, -0.2) is 0 Å². The maximum atomic E-state index is 13.1. The molecule has 4 rings (SSSR count). The van der Waals surface area contributed by atoms with E-state index in [1.807, 2.05) is 30.3 Å². The summed E-state index contributed by atoms with van der Waals surface area (Å²) in [5.74, 6) is -1.98. The topological polar surface area (TPSA) is 101 Å². The van der Waals surface area contributed by atoms with E-state index in [4.69, 9.17) is 0 Å². The summed E-state index contributed by atoms with van der Waals surface area (Å²) in [6.45, 7) is 0. The Balaban J connectivity index is 1.82. The third kappa shape index (κ3) is 3.91. The van der Waals surface area contributed by atoms with Crippen LogP contribution in [0.4, 0.5) is 11.4 Å². The molecule has 7 nitrogen and oxygen atoms in total. The summed E-state index contributed by atoms with van der Waals surface area (Å²) in [5.41, 5.74) is 1.26. The van der Waals surface area contributed by atoms with Gasteiger partial charge in [-0.3, -0.25) is 24.6 Å². The molecule has 1 atom stereocenters. The Kier molecular flexibility index (Phi) is 5.63. The molecule has 0 fully saturated rings. The van der Waals surface area contributed by atoms with E-state index >= 15 is 0 Å². The van der Waals surface area contributed by atoms with E-state index in [0.29, 0.717) is 11.3 Å². The van der Waals surface area contributed by atoms with Crippen LogP contribution < -0.4 is 4.90 Å². The molecule has 0 radical (unpaired) electrons. The van der Waals surface area contributed by atoms with E-state index in [9.17, 15) is 24.8 Å². The van der Waals surface area contributed by atoms with Crippen molar-refractivity contribution >= 4 is 29.1 Å². The van der Waals surface area contributed by atoms with Gasteiger partial charge in [-0.1, -0.05) is 66.7 Å². The summed E-state index contributed by atoms with van der Waals surface area (Å²) in [7, 11) is 0. The average molecular weight is 426 g/mol. The fourth-order valence-electron chi connectivity index (χ4n) is 3.66. The minimum atomic E-state index is -1.02. The molecule has 1 aliphatic rings. The van der Waals surface area contributed by atoms with E-state index in [1.165, 1.54) is 29.2 Å². The van der Waals surface area contributed by atoms with Crippen LogP contribution in [-0.4, -0.2) is 21.7 Å². The first-order valence-corrected chi connectivity index (χ1v) is 9.81. The number of hydrogen-bond acceptors (Lipinski definition) is 5. The van der Waals surface area contributed by atoms with Gasteiger partial charge in [-0.05, 0) is 29.3 Å². The number of anilines is 1. The van der Waals surface area contributed by atoms with Crippen LogP contribution in [0.2, 0.25) is 0 Å². The monoisotopic (exact) mass is 426 g/mol. The summed E-state index contributed by atoms with van der Waals surface area (Å²) < 4.78 is 0. The first-order valence-electron chi connectivity index (χ1n) is 9.81. The maximum absolute atomic E-state index is 13.1. The van der Waals surface area contributed by atoms with E-state index in [1.54, 1.807) is 42.5 Å². The predicted octanol–water partition coefficient (Wildman–Crippen LogP) is 4.78. The Bertz CT molecular complexity index is 1250. The van der Waals surface area contributed by atoms with E-state index in [2.05, 4.69) is 0 Å². The number of aliphatic hydroxyl groups excluding tert-OH is 1. The average Bonchev–Trinajstić information content (AvgIpc) is 3.09. The van der Waals surface area contributed by atoms with Gasteiger partial charge in [0.05, 0.1) is 16.5 Å². The Morgan fingerprint density at radius 3 is 2.28 bits per heavy atom. The standard InChI is InChI=1S/C25H18N2O5/c28-21(15-14-17-8-3-1-4-9-17)22-23(18-10-7-13-20(16-18)27(31)32)26(25(30)24(22)29)19-11-5-2-6-12-19/h1-16,23,29H/b15-14+/t23-/m1/s1. The van der Waals surface area contributed by atoms with E-state index < -0.39 is 28.4 Å². The number of rotatable bonds is 6. The molecule has 0 aromatic heterocycles. The van der Waals surface area contributed by atoms with Gasteiger partial charge < -0.3 is 5.11 Å². The summed E-state index contributed by atoms with van der Waals surface area (Å²) in [5, 5.41) is 22.0. The largest absolute Gasteiger partial charge is 0.503 e. The van der Waals surface area contributed by atoms with Crippen molar-refractivity contribution in [2.75, 3.05) is 4.90 Å². The van der Waals surface area contributed by atoms with Crippen molar-refractivity contribution in [1.82, 2.24) is 0 Å². The van der Waals surface area contributed by atoms with Crippen molar-refractivity contribution in [2.45, 2.75) is 6.04 Å². The first kappa shape index (κ1) is 20.7. The molecule has 0 aliphatic carbocycles. The molecular formula is C25H18N2O5. The molecular weight excluding hydrogens is 408 g/mol. The minimum absolute atomic E-state index is 0.133. The number of nitrogens with zero attached hydrogens (tertiary/aromatic N) is 2. The highest BCUT2D eigenvalue weighted by Gasteiger charge is 2.44. The number of amides is 1. The van der Waals surface area contributed by atoms with Crippen LogP contribution in [0, 0.1) is 10.1 Å². The van der Waals surface area contributed by atoms with E-state index in [0.717, 1.165) is 5.56 Å². The van der Waals surface area contributed by atoms with Gasteiger partial charge in [0, 0.05) is 17.8 Å². The Hall–Kier alpha value is -4.52. The zero-order chi connectivity index (χ0) is 22.7. The lowest BCUT2D eigenvalue weighted by atomic mass is 9.95. The van der Waals surface area contributed by atoms with Crippen LogP contribution in [0.3, 0.4) is 0 Å². The Morgan fingerprint density at radius 2 is 1.62 bits per heavy atom. The first-order chi connectivity index (χ1) is 15.5. The number of carbonyl (C=O) groups is 2. The SMILES string of the molecule is O=C(/C=C/c1ccccc1)C1=C(O)C(=O)N(c2ccccc2)[C@@H]1c1cccc([N+](=O)[O-])c1. The molecule has 158 valence electrons. The zero-order valence-corrected chi connectivity index (χ0v) is 16.8. The van der Waals surface area contributed by atoms with Crippen molar-refractivity contribution in [1.29, 1.82) is 0 Å². The van der Waals surface area contributed by atoms with Crippen molar-refractivity contribution in [3.63, 3.8) is 0 Å². The Morgan fingerprint density at radius 1 is 0.969 bits per heavy atom. The van der Waals surface area contributed by atoms with Crippen LogP contribution in [0.25, 0.3) is 6.08 Å². The number of benzene rings is 3. The zero-order valence-electron chi connectivity index (χ0n) is 16.8. The predicted molar refractivity (Wildman–Crippen MR) is 120 cm³/mol. The number of nitro benzene ring substituents is 1. The number of nitro groups is 1. The highest BCUT2D eigenvalue weighted by Crippen LogP contribution is 2.41. The van der Waals surface area contributed by atoms with Gasteiger partial charge in [-0.2, -0.15) is 0 Å². The van der Waals surface area contributed by atoms with Crippen LogP contribution in [0.5, 0.6) is 0 Å². The smallest absolute Gasteiger partial charge is 0.294 e. The molecule has 3 aromatic rings. The second-order valence-corrected chi connectivity index (χ2v) is 7.14. The number of aliphatic hydroxyl groups is 1. The van der Waals surface area contributed by atoms with Gasteiger partial charge in [0.1, 0.15) is 0 Å². The molecule has 1 N–H and O–H groups in total. The van der Waals surface area contributed by atoms with E-state index in [-0.39, 0.29) is 11.3 Å². The van der Waals surface area contributed by atoms with Crippen molar-refractivity contribution in [3.8, 4) is 0 Å². The van der Waals surface area contributed by atoms with Crippen LogP contribution in [-0.2, 0) is 9.59 Å². The number of ketones is 1. The maximum Gasteiger partial charge on any atom is 0.294 e. The molecule has 3 aromatic carbocycles. The lowest BCUT2D eigenvalue weighted by Crippen LogP contribution is -2.30. The van der Waals surface area contributed by atoms with Gasteiger partial charge in [-0.15, -0.1) is 0 Å². The van der Waals surface area contributed by atoms with Crippen molar-refractivity contribution < 1.29 is 19.6 Å². The molecule has 32 heavy (non-hydrogen) atoms. The van der Waals surface area contributed by atoms with Crippen molar-refractivity contribution in [2.24, 2.45) is 0 Å². The van der Waals surface area contributed by atoms with Crippen LogP contribution >= 0.6 is 0 Å². The third-order valence-corrected chi connectivity index (χ3v) is 5.13. The molecule has 0 spiro atoms. The van der Waals surface area contributed by atoms with Crippen molar-refractivity contribution in [3.05, 3.63) is 124 Å². The lowest BCUT2D eigenvalue weighted by Gasteiger charge is -2.26. The fourth-order valence-corrected chi connectivity index (χ4v) is 3.66. The lowest BCUT2D eigenvalue weighted by molar-refractivity contribution is -0.384. The summed E-state index contributed by atoms with van der Waals surface area (Å²) in [6, 6.07) is 22.4. The number of allylic oxidation sites excluding steroid dienone is 1. The second kappa shape index (κ2) is 8.69. The van der Waals surface area contributed by atoms with Crippen LogP contribution in [0.15, 0.2) is 102 Å². The molecule has 1 amide bonds. The number of para-hydroxylation sites is 1. The summed E-state index contributed by atoms with van der Waals surface area (Å²) in [4.78, 5) is 38.2. The molecule has 1 aliphatic heterocycles. The fraction of sp³-hybridized carbons (Fsp3) is 0.0400. The molecule has 0 saturated heterocycles. The number of non-ortho nitro benzene ring substituents is 1. The van der Waals surface area contributed by atoms with Gasteiger partial charge in [0.15, 0.2) is 11.5 Å². The molecule has 7 heteroatoms. The van der Waals surface area contributed by atoms with Gasteiger partial charge in [0.2, 0.25) is 0 Å². The normalized spacial score (nSPS) is 16.1. The molecule has 0 unspecified atom stereocenters. The quantitative estimate of drug-likeness (QED) is 0.347. The molecule has 0 bridgehead atoms.